The van der Waals surface area contributed by atoms with Gasteiger partial charge in [0, 0.05) is 42.4 Å². The molecule has 0 saturated carbocycles. The van der Waals surface area contributed by atoms with Crippen LogP contribution in [0.4, 0.5) is 5.69 Å². The molecule has 1 saturated heterocycles. The van der Waals surface area contributed by atoms with Gasteiger partial charge >= 0.3 is 0 Å². The smallest absolute Gasteiger partial charge is 0.271 e. The van der Waals surface area contributed by atoms with Gasteiger partial charge in [0.25, 0.3) is 11.6 Å². The molecule has 0 aromatic heterocycles. The molecule has 0 unspecified atom stereocenters. The average molecular weight is 299 g/mol. The SMILES string of the molecule is O=C(c1cc(Cl)cc([N+](=O)[O-])c1)N1CCC(CO)CC1. The minimum Gasteiger partial charge on any atom is -0.396 e. The second kappa shape index (κ2) is 6.19. The molecule has 0 bridgehead atoms. The fraction of sp³-hybridized carbons (Fsp3) is 0.462. The highest BCUT2D eigenvalue weighted by Gasteiger charge is 2.24. The summed E-state index contributed by atoms with van der Waals surface area (Å²) in [5, 5.41) is 20.0. The number of benzene rings is 1. The maximum absolute atomic E-state index is 12.3. The Hall–Kier alpha value is -1.66. The summed E-state index contributed by atoms with van der Waals surface area (Å²) in [5.41, 5.74) is 0.0396. The van der Waals surface area contributed by atoms with Crippen LogP contribution in [0.1, 0.15) is 23.2 Å². The largest absolute Gasteiger partial charge is 0.396 e. The summed E-state index contributed by atoms with van der Waals surface area (Å²) in [5.74, 6) is -0.0280. The third kappa shape index (κ3) is 3.26. The van der Waals surface area contributed by atoms with Gasteiger partial charge < -0.3 is 10.0 Å². The number of aliphatic hydroxyl groups excluding tert-OH is 1. The second-order valence-corrected chi connectivity index (χ2v) is 5.31. The first kappa shape index (κ1) is 14.7. The van der Waals surface area contributed by atoms with E-state index in [9.17, 15) is 14.9 Å². The predicted molar refractivity (Wildman–Crippen MR) is 73.8 cm³/mol. The number of nitro groups is 1. The van der Waals surface area contributed by atoms with E-state index in [0.29, 0.717) is 13.1 Å². The van der Waals surface area contributed by atoms with Crippen LogP contribution >= 0.6 is 11.6 Å². The Morgan fingerprint density at radius 3 is 2.60 bits per heavy atom. The van der Waals surface area contributed by atoms with Gasteiger partial charge in [0.15, 0.2) is 0 Å². The van der Waals surface area contributed by atoms with Gasteiger partial charge in [-0.1, -0.05) is 11.6 Å². The molecule has 0 atom stereocenters. The Balaban J connectivity index is 2.15. The Kier molecular flexibility index (Phi) is 4.57. The fourth-order valence-electron chi connectivity index (χ4n) is 2.30. The van der Waals surface area contributed by atoms with Gasteiger partial charge in [-0.05, 0) is 24.8 Å². The molecule has 1 fully saturated rings. The number of nitro benzene ring substituents is 1. The number of halogens is 1. The molecule has 0 radical (unpaired) electrons. The van der Waals surface area contributed by atoms with Gasteiger partial charge in [-0.15, -0.1) is 0 Å². The van der Waals surface area contributed by atoms with Crippen LogP contribution in [0.3, 0.4) is 0 Å². The summed E-state index contributed by atoms with van der Waals surface area (Å²) < 4.78 is 0. The number of piperidine rings is 1. The van der Waals surface area contributed by atoms with Crippen LogP contribution in [-0.2, 0) is 0 Å². The lowest BCUT2D eigenvalue weighted by Crippen LogP contribution is -2.39. The second-order valence-electron chi connectivity index (χ2n) is 4.87. The standard InChI is InChI=1S/C13H15ClN2O4/c14-11-5-10(6-12(7-11)16(19)20)13(18)15-3-1-9(8-17)2-4-15/h5-7,9,17H,1-4,8H2. The van der Waals surface area contributed by atoms with Gasteiger partial charge in [-0.3, -0.25) is 14.9 Å². The first-order valence-corrected chi connectivity index (χ1v) is 6.74. The highest BCUT2D eigenvalue weighted by molar-refractivity contribution is 6.31. The number of hydrogen-bond donors (Lipinski definition) is 1. The van der Waals surface area contributed by atoms with E-state index < -0.39 is 4.92 Å². The molecule has 108 valence electrons. The maximum Gasteiger partial charge on any atom is 0.271 e. The number of amides is 1. The summed E-state index contributed by atoms with van der Waals surface area (Å²) in [6.07, 6.45) is 1.48. The van der Waals surface area contributed by atoms with Crippen molar-refractivity contribution in [2.75, 3.05) is 19.7 Å². The van der Waals surface area contributed by atoms with E-state index >= 15 is 0 Å². The first-order chi connectivity index (χ1) is 9.51. The van der Waals surface area contributed by atoms with Crippen molar-refractivity contribution in [3.63, 3.8) is 0 Å². The van der Waals surface area contributed by atoms with Crippen LogP contribution in [0.15, 0.2) is 18.2 Å². The number of non-ortho nitro benzene ring substituents is 1. The summed E-state index contributed by atoms with van der Waals surface area (Å²) in [6, 6.07) is 3.90. The molecule has 1 heterocycles. The molecule has 1 aromatic rings. The van der Waals surface area contributed by atoms with Crippen molar-refractivity contribution in [3.05, 3.63) is 38.9 Å². The van der Waals surface area contributed by atoms with Crippen molar-refractivity contribution >= 4 is 23.2 Å². The zero-order valence-corrected chi connectivity index (χ0v) is 11.5. The lowest BCUT2D eigenvalue weighted by molar-refractivity contribution is -0.384. The molecule has 0 aliphatic carbocycles. The number of rotatable bonds is 3. The zero-order valence-electron chi connectivity index (χ0n) is 10.8. The summed E-state index contributed by atoms with van der Waals surface area (Å²) in [6.45, 7) is 1.22. The number of carbonyl (C=O) groups is 1. The molecule has 6 nitrogen and oxygen atoms in total. The topological polar surface area (TPSA) is 83.7 Å². The summed E-state index contributed by atoms with van der Waals surface area (Å²) >= 11 is 5.81. The predicted octanol–water partition coefficient (Wildman–Crippen LogP) is 2.09. The normalized spacial score (nSPS) is 16.2. The van der Waals surface area contributed by atoms with Crippen LogP contribution in [0, 0.1) is 16.0 Å². The molecule has 7 heteroatoms. The van der Waals surface area contributed by atoms with Gasteiger partial charge in [0.1, 0.15) is 0 Å². The van der Waals surface area contributed by atoms with E-state index in [1.807, 2.05) is 0 Å². The Labute approximate surface area is 121 Å². The van der Waals surface area contributed by atoms with Gasteiger partial charge in [0.05, 0.1) is 4.92 Å². The molecule has 1 aliphatic heterocycles. The molecule has 0 spiro atoms. The quantitative estimate of drug-likeness (QED) is 0.684. The van der Waals surface area contributed by atoms with Gasteiger partial charge in [0.2, 0.25) is 0 Å². The number of carbonyl (C=O) groups excluding carboxylic acids is 1. The Morgan fingerprint density at radius 1 is 1.40 bits per heavy atom. The molecule has 1 aromatic carbocycles. The van der Waals surface area contributed by atoms with E-state index in [2.05, 4.69) is 0 Å². The van der Waals surface area contributed by atoms with Crippen molar-refractivity contribution in [2.45, 2.75) is 12.8 Å². The van der Waals surface area contributed by atoms with E-state index in [4.69, 9.17) is 16.7 Å². The molecular formula is C13H15ClN2O4. The van der Waals surface area contributed by atoms with E-state index in [0.717, 1.165) is 12.8 Å². The fourth-order valence-corrected chi connectivity index (χ4v) is 2.53. The third-order valence-electron chi connectivity index (χ3n) is 3.50. The molecule has 2 rings (SSSR count). The summed E-state index contributed by atoms with van der Waals surface area (Å²) in [7, 11) is 0. The van der Waals surface area contributed by atoms with Crippen LogP contribution in [-0.4, -0.2) is 40.5 Å². The zero-order chi connectivity index (χ0) is 14.7. The number of aliphatic hydroxyl groups is 1. The van der Waals surface area contributed by atoms with Crippen molar-refractivity contribution in [2.24, 2.45) is 5.92 Å². The number of hydrogen-bond acceptors (Lipinski definition) is 4. The number of likely N-dealkylation sites (tertiary alicyclic amines) is 1. The van der Waals surface area contributed by atoms with Crippen LogP contribution in [0.2, 0.25) is 5.02 Å². The van der Waals surface area contributed by atoms with Crippen LogP contribution in [0.5, 0.6) is 0 Å². The monoisotopic (exact) mass is 298 g/mol. The minimum absolute atomic E-state index is 0.130. The van der Waals surface area contributed by atoms with E-state index in [1.54, 1.807) is 4.90 Å². The average Bonchev–Trinajstić information content (AvgIpc) is 2.46. The van der Waals surface area contributed by atoms with E-state index in [1.165, 1.54) is 18.2 Å². The Morgan fingerprint density at radius 2 is 2.05 bits per heavy atom. The van der Waals surface area contributed by atoms with Crippen LogP contribution in [0.25, 0.3) is 0 Å². The maximum atomic E-state index is 12.3. The lowest BCUT2D eigenvalue weighted by Gasteiger charge is -2.31. The van der Waals surface area contributed by atoms with Gasteiger partial charge in [-0.2, -0.15) is 0 Å². The third-order valence-corrected chi connectivity index (χ3v) is 3.72. The first-order valence-electron chi connectivity index (χ1n) is 6.36. The van der Waals surface area contributed by atoms with Crippen molar-refractivity contribution < 1.29 is 14.8 Å². The number of nitrogens with zero attached hydrogens (tertiary/aromatic N) is 2. The van der Waals surface area contributed by atoms with Crippen molar-refractivity contribution in [1.29, 1.82) is 0 Å². The molecule has 1 aliphatic rings. The highest BCUT2D eigenvalue weighted by atomic mass is 35.5. The van der Waals surface area contributed by atoms with Crippen molar-refractivity contribution in [3.8, 4) is 0 Å². The Bertz CT molecular complexity index is 527. The van der Waals surface area contributed by atoms with Crippen molar-refractivity contribution in [1.82, 2.24) is 4.90 Å². The molecule has 20 heavy (non-hydrogen) atoms. The molecular weight excluding hydrogens is 284 g/mol. The van der Waals surface area contributed by atoms with E-state index in [-0.39, 0.29) is 34.7 Å². The molecule has 1 amide bonds. The molecule has 1 N–H and O–H groups in total. The van der Waals surface area contributed by atoms with Gasteiger partial charge in [-0.25, -0.2) is 0 Å². The minimum atomic E-state index is -0.569. The summed E-state index contributed by atoms with van der Waals surface area (Å²) in [4.78, 5) is 24.2. The lowest BCUT2D eigenvalue weighted by atomic mass is 9.97. The highest BCUT2D eigenvalue weighted by Crippen LogP contribution is 2.24. The van der Waals surface area contributed by atoms with Crippen LogP contribution < -0.4 is 0 Å².